The number of benzene rings is 2. The maximum absolute atomic E-state index is 13.5. The second-order valence-electron chi connectivity index (χ2n) is 7.27. The fourth-order valence-electron chi connectivity index (χ4n) is 3.28. The third kappa shape index (κ3) is 4.52. The lowest BCUT2D eigenvalue weighted by atomic mass is 10.1. The maximum atomic E-state index is 13.5. The fourth-order valence-corrected chi connectivity index (χ4v) is 3.46. The van der Waals surface area contributed by atoms with Crippen LogP contribution < -0.4 is 16.0 Å². The molecule has 1 aromatic heterocycles. The minimum absolute atomic E-state index is 0.0183. The molecule has 3 aromatic rings. The van der Waals surface area contributed by atoms with Crippen LogP contribution in [0.15, 0.2) is 36.4 Å². The number of hydrogen-bond donors (Lipinski definition) is 4. The summed E-state index contributed by atoms with van der Waals surface area (Å²) < 4.78 is 13.5. The van der Waals surface area contributed by atoms with Crippen molar-refractivity contribution in [1.82, 2.24) is 9.97 Å². The lowest BCUT2D eigenvalue weighted by molar-refractivity contribution is 0.311. The summed E-state index contributed by atoms with van der Waals surface area (Å²) in [6.45, 7) is 2.59. The zero-order valence-corrected chi connectivity index (χ0v) is 16.8. The summed E-state index contributed by atoms with van der Waals surface area (Å²) in [6.07, 6.45) is 2.44. The molecule has 29 heavy (non-hydrogen) atoms. The van der Waals surface area contributed by atoms with E-state index in [1.165, 1.54) is 25.0 Å². The van der Waals surface area contributed by atoms with Crippen molar-refractivity contribution in [2.24, 2.45) is 5.92 Å². The van der Waals surface area contributed by atoms with Gasteiger partial charge in [0.25, 0.3) is 0 Å². The van der Waals surface area contributed by atoms with Crippen molar-refractivity contribution in [2.75, 3.05) is 29.1 Å². The number of halogens is 2. The van der Waals surface area contributed by atoms with Crippen molar-refractivity contribution in [3.8, 4) is 0 Å². The highest BCUT2D eigenvalue weighted by atomic mass is 35.5. The molecule has 2 aromatic carbocycles. The van der Waals surface area contributed by atoms with Crippen molar-refractivity contribution in [3.05, 3.63) is 47.2 Å². The van der Waals surface area contributed by atoms with Crippen LogP contribution in [0.5, 0.6) is 0 Å². The van der Waals surface area contributed by atoms with E-state index >= 15 is 0 Å². The lowest BCUT2D eigenvalue weighted by Gasteiger charge is -2.18. The van der Waals surface area contributed by atoms with Crippen LogP contribution in [0.25, 0.3) is 10.9 Å². The largest absolute Gasteiger partial charge is 0.395 e. The van der Waals surface area contributed by atoms with E-state index in [1.54, 1.807) is 6.07 Å². The summed E-state index contributed by atoms with van der Waals surface area (Å²) in [4.78, 5) is 9.33. The molecular formula is C21H23ClFN5O. The maximum Gasteiger partial charge on any atom is 0.229 e. The monoisotopic (exact) mass is 415 g/mol. The van der Waals surface area contributed by atoms with Gasteiger partial charge in [0.05, 0.1) is 17.3 Å². The number of aromatic nitrogens is 2. The Labute approximate surface area is 173 Å². The Hall–Kier alpha value is -2.64. The number of rotatable bonds is 8. The Bertz CT molecular complexity index is 1030. The first-order valence-electron chi connectivity index (χ1n) is 9.69. The number of para-hydroxylation sites is 1. The van der Waals surface area contributed by atoms with Crippen LogP contribution in [0, 0.1) is 11.7 Å². The van der Waals surface area contributed by atoms with E-state index in [1.807, 2.05) is 18.2 Å². The number of hydrogen-bond acceptors (Lipinski definition) is 6. The SMILES string of the molecule is C[C@@H](Nc1nc(Nc2ccc(F)c(Cl)c2)nc2c(NCCO)cccc12)C1CC1. The van der Waals surface area contributed by atoms with Crippen molar-refractivity contribution in [2.45, 2.75) is 25.8 Å². The molecule has 0 saturated heterocycles. The van der Waals surface area contributed by atoms with Gasteiger partial charge in [-0.25, -0.2) is 9.37 Å². The van der Waals surface area contributed by atoms with E-state index in [4.69, 9.17) is 11.6 Å². The number of anilines is 4. The van der Waals surface area contributed by atoms with Crippen LogP contribution in [0.1, 0.15) is 19.8 Å². The van der Waals surface area contributed by atoms with Gasteiger partial charge < -0.3 is 21.1 Å². The minimum Gasteiger partial charge on any atom is -0.395 e. The van der Waals surface area contributed by atoms with Gasteiger partial charge in [-0.1, -0.05) is 17.7 Å². The van der Waals surface area contributed by atoms with Crippen LogP contribution in [-0.2, 0) is 0 Å². The Morgan fingerprint density at radius 1 is 1.24 bits per heavy atom. The van der Waals surface area contributed by atoms with Gasteiger partial charge in [-0.15, -0.1) is 0 Å². The zero-order valence-electron chi connectivity index (χ0n) is 16.0. The molecule has 0 spiro atoms. The normalized spacial score (nSPS) is 14.6. The van der Waals surface area contributed by atoms with Gasteiger partial charge in [0.1, 0.15) is 17.2 Å². The quantitative estimate of drug-likeness (QED) is 0.424. The number of fused-ring (bicyclic) bond motifs is 1. The van der Waals surface area contributed by atoms with E-state index in [0.29, 0.717) is 30.1 Å². The summed E-state index contributed by atoms with van der Waals surface area (Å²) in [5.41, 5.74) is 2.14. The third-order valence-corrected chi connectivity index (χ3v) is 5.31. The topological polar surface area (TPSA) is 82.1 Å². The lowest BCUT2D eigenvalue weighted by Crippen LogP contribution is -2.19. The van der Waals surface area contributed by atoms with Gasteiger partial charge in [0.2, 0.25) is 5.95 Å². The molecule has 0 aliphatic heterocycles. The number of aliphatic hydroxyl groups is 1. The van der Waals surface area contributed by atoms with Gasteiger partial charge in [-0.3, -0.25) is 0 Å². The molecule has 0 bridgehead atoms. The fraction of sp³-hybridized carbons (Fsp3) is 0.333. The molecule has 8 heteroatoms. The molecule has 1 fully saturated rings. The Morgan fingerprint density at radius 3 is 2.79 bits per heavy atom. The molecule has 152 valence electrons. The average Bonchev–Trinajstić information content (AvgIpc) is 3.55. The van der Waals surface area contributed by atoms with Crippen molar-refractivity contribution >= 4 is 45.6 Å². The molecule has 6 nitrogen and oxygen atoms in total. The second kappa shape index (κ2) is 8.39. The smallest absolute Gasteiger partial charge is 0.229 e. The molecule has 0 amide bonds. The number of nitrogens with zero attached hydrogens (tertiary/aromatic N) is 2. The van der Waals surface area contributed by atoms with Crippen LogP contribution in [0.2, 0.25) is 5.02 Å². The predicted molar refractivity (Wildman–Crippen MR) is 116 cm³/mol. The summed E-state index contributed by atoms with van der Waals surface area (Å²) in [5.74, 6) is 1.29. The first-order chi connectivity index (χ1) is 14.0. The third-order valence-electron chi connectivity index (χ3n) is 5.02. The van der Waals surface area contributed by atoms with E-state index in [0.717, 1.165) is 22.4 Å². The molecule has 0 unspecified atom stereocenters. The molecular weight excluding hydrogens is 393 g/mol. The van der Waals surface area contributed by atoms with Crippen LogP contribution in [0.3, 0.4) is 0 Å². The zero-order chi connectivity index (χ0) is 20.4. The Kier molecular flexibility index (Phi) is 5.69. The van der Waals surface area contributed by atoms with E-state index < -0.39 is 5.82 Å². The first kappa shape index (κ1) is 19.7. The van der Waals surface area contributed by atoms with Gasteiger partial charge in [0, 0.05) is 23.7 Å². The van der Waals surface area contributed by atoms with Crippen molar-refractivity contribution in [3.63, 3.8) is 0 Å². The second-order valence-corrected chi connectivity index (χ2v) is 7.68. The highest BCUT2D eigenvalue weighted by molar-refractivity contribution is 6.31. The molecule has 4 rings (SSSR count). The number of aliphatic hydroxyl groups excluding tert-OH is 1. The molecule has 1 atom stereocenters. The molecule has 1 aliphatic carbocycles. The summed E-state index contributed by atoms with van der Waals surface area (Å²) >= 11 is 5.90. The van der Waals surface area contributed by atoms with Gasteiger partial charge in [0.15, 0.2) is 0 Å². The van der Waals surface area contributed by atoms with Crippen molar-refractivity contribution < 1.29 is 9.50 Å². The van der Waals surface area contributed by atoms with Crippen LogP contribution in [0.4, 0.5) is 27.5 Å². The predicted octanol–water partition coefficient (Wildman–Crippen LogP) is 4.78. The molecule has 1 saturated carbocycles. The molecule has 1 heterocycles. The van der Waals surface area contributed by atoms with E-state index in [-0.39, 0.29) is 11.6 Å². The van der Waals surface area contributed by atoms with Gasteiger partial charge >= 0.3 is 0 Å². The van der Waals surface area contributed by atoms with Crippen molar-refractivity contribution in [1.29, 1.82) is 0 Å². The molecule has 1 aliphatic rings. The summed E-state index contributed by atoms with van der Waals surface area (Å²) in [7, 11) is 0. The van der Waals surface area contributed by atoms with E-state index in [2.05, 4.69) is 32.8 Å². The molecule has 4 N–H and O–H groups in total. The summed E-state index contributed by atoms with van der Waals surface area (Å²) in [6, 6.07) is 10.5. The highest BCUT2D eigenvalue weighted by Crippen LogP contribution is 2.36. The highest BCUT2D eigenvalue weighted by Gasteiger charge is 2.28. The van der Waals surface area contributed by atoms with Crippen LogP contribution >= 0.6 is 11.6 Å². The summed E-state index contributed by atoms with van der Waals surface area (Å²) in [5, 5.41) is 19.9. The standard InChI is InChI=1S/C21H23ClFN5O/c1-12(13-5-6-13)25-20-15-3-2-4-18(24-9-10-29)19(15)27-21(28-20)26-14-7-8-17(23)16(22)11-14/h2-4,7-8,11-13,24,29H,5-6,9-10H2,1H3,(H2,25,26,27,28)/t12-/m1/s1. The van der Waals surface area contributed by atoms with Gasteiger partial charge in [-0.2, -0.15) is 4.98 Å². The number of nitrogens with one attached hydrogen (secondary N) is 3. The molecule has 0 radical (unpaired) electrons. The van der Waals surface area contributed by atoms with Crippen LogP contribution in [-0.4, -0.2) is 34.3 Å². The Morgan fingerprint density at radius 2 is 2.07 bits per heavy atom. The average molecular weight is 416 g/mol. The first-order valence-corrected chi connectivity index (χ1v) is 10.1. The minimum atomic E-state index is -0.479. The van der Waals surface area contributed by atoms with Gasteiger partial charge in [-0.05, 0) is 56.0 Å². The van der Waals surface area contributed by atoms with E-state index in [9.17, 15) is 9.50 Å². The Balaban J connectivity index is 1.74.